The van der Waals surface area contributed by atoms with Crippen LogP contribution in [0.1, 0.15) is 36.4 Å². The Morgan fingerprint density at radius 3 is 2.30 bits per heavy atom. The van der Waals surface area contributed by atoms with E-state index in [0.29, 0.717) is 24.0 Å². The minimum atomic E-state index is -0.591. The van der Waals surface area contributed by atoms with Crippen LogP contribution in [0.4, 0.5) is 0 Å². The standard InChI is InChI=1S/C20H24O7/c1-13(2)5-6-25-19-12-26-17(10-18(19)21)11-27-20(22)14-7-15(23-3)9-16(8-14)24-4/h7-10,12-13H,5-6,11H2,1-4H3. The van der Waals surface area contributed by atoms with Crippen LogP contribution in [0.2, 0.25) is 0 Å². The lowest BCUT2D eigenvalue weighted by Crippen LogP contribution is -2.11. The van der Waals surface area contributed by atoms with E-state index in [1.165, 1.54) is 38.7 Å². The molecule has 7 nitrogen and oxygen atoms in total. The topological polar surface area (TPSA) is 84.2 Å². The first-order chi connectivity index (χ1) is 12.9. The fourth-order valence-corrected chi connectivity index (χ4v) is 2.17. The van der Waals surface area contributed by atoms with Crippen molar-refractivity contribution in [2.45, 2.75) is 26.9 Å². The van der Waals surface area contributed by atoms with Crippen LogP contribution in [0.25, 0.3) is 0 Å². The van der Waals surface area contributed by atoms with Gasteiger partial charge in [-0.1, -0.05) is 13.8 Å². The minimum absolute atomic E-state index is 0.142. The number of esters is 1. The van der Waals surface area contributed by atoms with E-state index >= 15 is 0 Å². The molecule has 27 heavy (non-hydrogen) atoms. The normalized spacial score (nSPS) is 10.6. The molecule has 0 saturated heterocycles. The van der Waals surface area contributed by atoms with Gasteiger partial charge >= 0.3 is 5.97 Å². The molecule has 0 fully saturated rings. The zero-order valence-corrected chi connectivity index (χ0v) is 15.9. The molecule has 0 saturated carbocycles. The maximum absolute atomic E-state index is 12.2. The second kappa shape index (κ2) is 9.66. The molecule has 0 radical (unpaired) electrons. The molecule has 1 aromatic carbocycles. The first-order valence-electron chi connectivity index (χ1n) is 8.57. The zero-order chi connectivity index (χ0) is 19.8. The van der Waals surface area contributed by atoms with Crippen molar-refractivity contribution in [2.24, 2.45) is 5.92 Å². The summed E-state index contributed by atoms with van der Waals surface area (Å²) >= 11 is 0. The third-order valence-corrected chi connectivity index (χ3v) is 3.74. The predicted molar refractivity (Wildman–Crippen MR) is 98.6 cm³/mol. The van der Waals surface area contributed by atoms with Crippen molar-refractivity contribution in [3.63, 3.8) is 0 Å². The molecule has 0 aliphatic rings. The van der Waals surface area contributed by atoms with Gasteiger partial charge in [0.05, 0.1) is 26.4 Å². The van der Waals surface area contributed by atoms with Crippen LogP contribution in [0, 0.1) is 5.92 Å². The molecule has 0 N–H and O–H groups in total. The second-order valence-electron chi connectivity index (χ2n) is 6.28. The monoisotopic (exact) mass is 376 g/mol. The molecule has 0 atom stereocenters. The van der Waals surface area contributed by atoms with E-state index in [4.69, 9.17) is 23.4 Å². The lowest BCUT2D eigenvalue weighted by Gasteiger charge is -2.09. The Morgan fingerprint density at radius 1 is 1.07 bits per heavy atom. The van der Waals surface area contributed by atoms with Crippen molar-refractivity contribution in [1.29, 1.82) is 0 Å². The molecule has 0 bridgehead atoms. The Morgan fingerprint density at radius 2 is 1.74 bits per heavy atom. The summed E-state index contributed by atoms with van der Waals surface area (Å²) in [6.45, 7) is 4.40. The average molecular weight is 376 g/mol. The highest BCUT2D eigenvalue weighted by molar-refractivity contribution is 5.90. The minimum Gasteiger partial charge on any atom is -0.497 e. The van der Waals surface area contributed by atoms with Gasteiger partial charge in [0.1, 0.15) is 30.1 Å². The quantitative estimate of drug-likeness (QED) is 0.620. The summed E-state index contributed by atoms with van der Waals surface area (Å²) in [6, 6.07) is 5.97. The lowest BCUT2D eigenvalue weighted by molar-refractivity contribution is 0.0441. The third-order valence-electron chi connectivity index (χ3n) is 3.74. The molecule has 2 rings (SSSR count). The Labute approximate surface area is 157 Å². The summed E-state index contributed by atoms with van der Waals surface area (Å²) in [4.78, 5) is 24.3. The highest BCUT2D eigenvalue weighted by atomic mass is 16.5. The molecule has 0 aliphatic carbocycles. The Kier molecular flexibility index (Phi) is 7.28. The van der Waals surface area contributed by atoms with Gasteiger partial charge in [0.15, 0.2) is 0 Å². The van der Waals surface area contributed by atoms with Gasteiger partial charge in [-0.15, -0.1) is 0 Å². The molecule has 146 valence electrons. The Balaban J connectivity index is 1.99. The van der Waals surface area contributed by atoms with Gasteiger partial charge < -0.3 is 23.4 Å². The predicted octanol–water partition coefficient (Wildman–Crippen LogP) is 3.44. The molecule has 0 aliphatic heterocycles. The van der Waals surface area contributed by atoms with Gasteiger partial charge in [0.2, 0.25) is 11.2 Å². The molecule has 0 spiro atoms. The molecular weight excluding hydrogens is 352 g/mol. The highest BCUT2D eigenvalue weighted by Crippen LogP contribution is 2.23. The van der Waals surface area contributed by atoms with E-state index < -0.39 is 5.97 Å². The highest BCUT2D eigenvalue weighted by Gasteiger charge is 2.13. The van der Waals surface area contributed by atoms with Gasteiger partial charge in [-0.3, -0.25) is 4.79 Å². The molecule has 0 amide bonds. The Bertz CT molecular complexity index is 801. The molecule has 0 unspecified atom stereocenters. The SMILES string of the molecule is COc1cc(OC)cc(C(=O)OCc2cc(=O)c(OCCC(C)C)co2)c1. The van der Waals surface area contributed by atoms with Gasteiger partial charge in [-0.25, -0.2) is 4.79 Å². The molecule has 1 aromatic heterocycles. The van der Waals surface area contributed by atoms with E-state index in [2.05, 4.69) is 13.8 Å². The number of benzene rings is 1. The van der Waals surface area contributed by atoms with Crippen LogP contribution >= 0.6 is 0 Å². The van der Waals surface area contributed by atoms with Crippen LogP contribution in [0.3, 0.4) is 0 Å². The van der Waals surface area contributed by atoms with E-state index in [1.807, 2.05) is 0 Å². The van der Waals surface area contributed by atoms with Crippen molar-refractivity contribution in [1.82, 2.24) is 0 Å². The number of ether oxygens (including phenoxy) is 4. The fourth-order valence-electron chi connectivity index (χ4n) is 2.17. The molecular formula is C20H24O7. The van der Waals surface area contributed by atoms with Crippen molar-refractivity contribution in [3.05, 3.63) is 52.1 Å². The van der Waals surface area contributed by atoms with Gasteiger partial charge in [-0.2, -0.15) is 0 Å². The van der Waals surface area contributed by atoms with E-state index in [0.717, 1.165) is 6.42 Å². The summed E-state index contributed by atoms with van der Waals surface area (Å²) < 4.78 is 26.2. The zero-order valence-electron chi connectivity index (χ0n) is 15.9. The molecule has 7 heteroatoms. The van der Waals surface area contributed by atoms with Crippen LogP contribution < -0.4 is 19.6 Å². The first kappa shape index (κ1) is 20.4. The average Bonchev–Trinajstić information content (AvgIpc) is 2.66. The lowest BCUT2D eigenvalue weighted by atomic mass is 10.1. The summed E-state index contributed by atoms with van der Waals surface area (Å²) in [5.74, 6) is 1.19. The molecule has 2 aromatic rings. The van der Waals surface area contributed by atoms with Gasteiger partial charge in [0, 0.05) is 12.1 Å². The van der Waals surface area contributed by atoms with Crippen molar-refractivity contribution >= 4 is 5.97 Å². The Hall–Kier alpha value is -2.96. The number of hydrogen-bond acceptors (Lipinski definition) is 7. The third kappa shape index (κ3) is 6.06. The smallest absolute Gasteiger partial charge is 0.338 e. The molecule has 1 heterocycles. The first-order valence-corrected chi connectivity index (χ1v) is 8.57. The number of hydrogen-bond donors (Lipinski definition) is 0. The largest absolute Gasteiger partial charge is 0.497 e. The van der Waals surface area contributed by atoms with Crippen molar-refractivity contribution in [2.75, 3.05) is 20.8 Å². The van der Waals surface area contributed by atoms with E-state index in [-0.39, 0.29) is 29.1 Å². The maximum Gasteiger partial charge on any atom is 0.338 e. The second-order valence-corrected chi connectivity index (χ2v) is 6.28. The fraction of sp³-hybridized carbons (Fsp3) is 0.400. The van der Waals surface area contributed by atoms with Gasteiger partial charge in [-0.05, 0) is 24.5 Å². The summed E-state index contributed by atoms with van der Waals surface area (Å²) in [7, 11) is 2.98. The van der Waals surface area contributed by atoms with Crippen LogP contribution in [0.5, 0.6) is 17.2 Å². The summed E-state index contributed by atoms with van der Waals surface area (Å²) in [5.41, 5.74) is -0.0544. The van der Waals surface area contributed by atoms with Crippen LogP contribution in [-0.2, 0) is 11.3 Å². The van der Waals surface area contributed by atoms with E-state index in [1.54, 1.807) is 6.07 Å². The van der Waals surface area contributed by atoms with Gasteiger partial charge in [0.25, 0.3) is 0 Å². The van der Waals surface area contributed by atoms with Crippen LogP contribution in [0.15, 0.2) is 39.7 Å². The number of rotatable bonds is 9. The maximum atomic E-state index is 12.2. The number of methoxy groups -OCH3 is 2. The van der Waals surface area contributed by atoms with E-state index in [9.17, 15) is 9.59 Å². The summed E-state index contributed by atoms with van der Waals surface area (Å²) in [5, 5.41) is 0. The van der Waals surface area contributed by atoms with Crippen molar-refractivity contribution < 1.29 is 28.2 Å². The number of carbonyl (C=O) groups is 1. The van der Waals surface area contributed by atoms with Crippen molar-refractivity contribution in [3.8, 4) is 17.2 Å². The summed E-state index contributed by atoms with van der Waals surface area (Å²) in [6.07, 6.45) is 2.07. The van der Waals surface area contributed by atoms with Crippen LogP contribution in [-0.4, -0.2) is 26.8 Å². The number of carbonyl (C=O) groups excluding carboxylic acids is 1.